The molecule has 314 valence electrons. The van der Waals surface area contributed by atoms with Crippen molar-refractivity contribution in [3.63, 3.8) is 0 Å². The van der Waals surface area contributed by atoms with Gasteiger partial charge in [-0.2, -0.15) is 0 Å². The van der Waals surface area contributed by atoms with Crippen LogP contribution in [0.15, 0.2) is 60.8 Å². The van der Waals surface area contributed by atoms with Crippen LogP contribution in [0.5, 0.6) is 0 Å². The second kappa shape index (κ2) is 43.8. The smallest absolute Gasteiger partial charge is 0.249 e. The Kier molecular flexibility index (Phi) is 42.2. The minimum atomic E-state index is -1.12. The van der Waals surface area contributed by atoms with E-state index in [1.54, 1.807) is 6.08 Å². The number of carbonyl (C=O) groups is 1. The Morgan fingerprint density at radius 3 is 1.24 bits per heavy atom. The number of rotatable bonds is 41. The molecule has 0 bridgehead atoms. The molecule has 4 N–H and O–H groups in total. The molecule has 0 fully saturated rings. The Morgan fingerprint density at radius 1 is 0.463 bits per heavy atom. The van der Waals surface area contributed by atoms with Gasteiger partial charge in [-0.3, -0.25) is 4.79 Å². The van der Waals surface area contributed by atoms with E-state index in [4.69, 9.17) is 0 Å². The van der Waals surface area contributed by atoms with Gasteiger partial charge in [0.1, 0.15) is 6.10 Å². The number of aliphatic hydroxyl groups is 3. The first-order chi connectivity index (χ1) is 26.6. The van der Waals surface area contributed by atoms with Gasteiger partial charge in [-0.15, -0.1) is 0 Å². The summed E-state index contributed by atoms with van der Waals surface area (Å²) >= 11 is 0. The summed E-state index contributed by atoms with van der Waals surface area (Å²) in [4.78, 5) is 12.5. The number of hydrogen-bond acceptors (Lipinski definition) is 4. The van der Waals surface area contributed by atoms with Crippen LogP contribution in [0.4, 0.5) is 0 Å². The molecule has 0 rings (SSSR count). The van der Waals surface area contributed by atoms with Crippen LogP contribution in [0.2, 0.25) is 0 Å². The Bertz CT molecular complexity index is 923. The van der Waals surface area contributed by atoms with Crippen molar-refractivity contribution in [2.24, 2.45) is 0 Å². The highest BCUT2D eigenvalue weighted by Gasteiger charge is 2.22. The topological polar surface area (TPSA) is 89.8 Å². The third-order valence-electron chi connectivity index (χ3n) is 10.3. The maximum Gasteiger partial charge on any atom is 0.249 e. The van der Waals surface area contributed by atoms with E-state index in [0.717, 1.165) is 57.8 Å². The third kappa shape index (κ3) is 38.3. The fraction of sp³-hybridized carbons (Fsp3) is 0.776. The summed E-state index contributed by atoms with van der Waals surface area (Å²) in [6, 6.07) is -0.828. The predicted molar refractivity (Wildman–Crippen MR) is 236 cm³/mol. The van der Waals surface area contributed by atoms with Crippen molar-refractivity contribution < 1.29 is 20.1 Å². The van der Waals surface area contributed by atoms with Crippen LogP contribution in [-0.2, 0) is 4.79 Å². The van der Waals surface area contributed by atoms with E-state index in [1.807, 2.05) is 6.08 Å². The molecule has 0 aromatic heterocycles. The van der Waals surface area contributed by atoms with Crippen molar-refractivity contribution in [3.05, 3.63) is 60.8 Å². The summed E-state index contributed by atoms with van der Waals surface area (Å²) in [5, 5.41) is 33.1. The molecule has 0 heterocycles. The molecular weight excluding hydrogens is 667 g/mol. The van der Waals surface area contributed by atoms with Crippen molar-refractivity contribution in [1.82, 2.24) is 5.32 Å². The summed E-state index contributed by atoms with van der Waals surface area (Å²) < 4.78 is 0. The highest BCUT2D eigenvalue weighted by atomic mass is 16.3. The number of amides is 1. The molecule has 0 aromatic carbocycles. The molecule has 1 amide bonds. The van der Waals surface area contributed by atoms with Crippen LogP contribution in [0.3, 0.4) is 0 Å². The third-order valence-corrected chi connectivity index (χ3v) is 10.3. The van der Waals surface area contributed by atoms with Crippen LogP contribution in [0, 0.1) is 0 Å². The van der Waals surface area contributed by atoms with Gasteiger partial charge in [0, 0.05) is 0 Å². The Morgan fingerprint density at radius 2 is 0.815 bits per heavy atom. The number of carbonyl (C=O) groups excluding carboxylic acids is 1. The molecule has 0 radical (unpaired) electrons. The Hall–Kier alpha value is -1.95. The molecule has 0 saturated carbocycles. The van der Waals surface area contributed by atoms with Gasteiger partial charge < -0.3 is 20.6 Å². The molecule has 0 spiro atoms. The lowest BCUT2D eigenvalue weighted by Gasteiger charge is -2.21. The van der Waals surface area contributed by atoms with Gasteiger partial charge in [-0.1, -0.05) is 203 Å². The first kappa shape index (κ1) is 52.0. The average molecular weight is 756 g/mol. The molecule has 0 aliphatic heterocycles. The Balaban J connectivity index is 3.76. The van der Waals surface area contributed by atoms with Crippen LogP contribution in [0.25, 0.3) is 0 Å². The summed E-state index contributed by atoms with van der Waals surface area (Å²) in [7, 11) is 0. The summed E-state index contributed by atoms with van der Waals surface area (Å²) in [6.07, 6.45) is 58.3. The Labute approximate surface area is 335 Å². The molecular formula is C49H89NO4. The number of nitrogens with one attached hydrogen (secondary N) is 1. The van der Waals surface area contributed by atoms with Crippen LogP contribution in [-0.4, -0.2) is 46.1 Å². The van der Waals surface area contributed by atoms with Crippen molar-refractivity contribution >= 4 is 5.91 Å². The monoisotopic (exact) mass is 756 g/mol. The maximum atomic E-state index is 12.5. The standard InChI is InChI=1S/C49H89NO4/c1-3-5-7-9-11-13-15-17-19-21-23-24-25-26-28-30-32-34-36-38-40-42-44-48(53)49(54)50-46(45-51)47(52)43-41-39-37-35-33-31-29-27-22-20-18-16-14-12-10-8-6-4-2/h22-24,26-28,33,35,41,43,46-48,51-53H,3-21,25,29-32,34,36-40,42,44-45H2,1-2H3,(H,50,54)/b24-23-,27-22+,28-26-,35-33+,43-41+. The summed E-state index contributed by atoms with van der Waals surface area (Å²) in [6.45, 7) is 4.16. The average Bonchev–Trinajstić information content (AvgIpc) is 3.18. The van der Waals surface area contributed by atoms with E-state index >= 15 is 0 Å². The van der Waals surface area contributed by atoms with E-state index in [-0.39, 0.29) is 6.61 Å². The molecule has 0 saturated heterocycles. The van der Waals surface area contributed by atoms with E-state index in [9.17, 15) is 20.1 Å². The predicted octanol–water partition coefficient (Wildman–Crippen LogP) is 13.5. The SMILES string of the molecule is CCCCCCCCCC/C=C/CC/C=C/CC/C=C/C(O)C(CO)NC(=O)C(O)CCCCCCCC/C=C\C/C=C\CCCCCCCCCCC. The molecule has 3 unspecified atom stereocenters. The molecule has 54 heavy (non-hydrogen) atoms. The second-order valence-electron chi connectivity index (χ2n) is 15.6. The van der Waals surface area contributed by atoms with Gasteiger partial charge in [0.2, 0.25) is 5.91 Å². The van der Waals surface area contributed by atoms with Gasteiger partial charge in [-0.05, 0) is 77.0 Å². The minimum Gasteiger partial charge on any atom is -0.394 e. The highest BCUT2D eigenvalue weighted by Crippen LogP contribution is 2.13. The zero-order valence-electron chi connectivity index (χ0n) is 35.6. The lowest BCUT2D eigenvalue weighted by molar-refractivity contribution is -0.131. The molecule has 5 heteroatoms. The van der Waals surface area contributed by atoms with Crippen molar-refractivity contribution in [1.29, 1.82) is 0 Å². The second-order valence-corrected chi connectivity index (χ2v) is 15.6. The fourth-order valence-corrected chi connectivity index (χ4v) is 6.66. The van der Waals surface area contributed by atoms with Crippen LogP contribution >= 0.6 is 0 Å². The first-order valence-corrected chi connectivity index (χ1v) is 23.1. The number of allylic oxidation sites excluding steroid dienone is 9. The normalized spacial score (nSPS) is 14.1. The molecule has 3 atom stereocenters. The fourth-order valence-electron chi connectivity index (χ4n) is 6.66. The van der Waals surface area contributed by atoms with E-state index < -0.39 is 24.2 Å². The van der Waals surface area contributed by atoms with Gasteiger partial charge in [-0.25, -0.2) is 0 Å². The van der Waals surface area contributed by atoms with Crippen molar-refractivity contribution in [2.75, 3.05) is 6.61 Å². The largest absolute Gasteiger partial charge is 0.394 e. The number of unbranched alkanes of at least 4 members (excludes halogenated alkanes) is 25. The van der Waals surface area contributed by atoms with Crippen molar-refractivity contribution in [2.45, 2.75) is 238 Å². The highest BCUT2D eigenvalue weighted by molar-refractivity contribution is 5.80. The lowest BCUT2D eigenvalue weighted by Crippen LogP contribution is -2.48. The lowest BCUT2D eigenvalue weighted by atomic mass is 10.0. The maximum absolute atomic E-state index is 12.5. The van der Waals surface area contributed by atoms with Gasteiger partial charge in [0.25, 0.3) is 0 Å². The number of hydrogen-bond donors (Lipinski definition) is 4. The van der Waals surface area contributed by atoms with Gasteiger partial charge in [0.05, 0.1) is 18.8 Å². The molecule has 0 aliphatic rings. The number of aliphatic hydroxyl groups excluding tert-OH is 3. The summed E-state index contributed by atoms with van der Waals surface area (Å²) in [5.74, 6) is -0.526. The van der Waals surface area contributed by atoms with E-state index in [1.165, 1.54) is 141 Å². The molecule has 0 aromatic rings. The van der Waals surface area contributed by atoms with Crippen molar-refractivity contribution in [3.8, 4) is 0 Å². The van der Waals surface area contributed by atoms with Gasteiger partial charge in [0.15, 0.2) is 0 Å². The minimum absolute atomic E-state index is 0.387. The summed E-state index contributed by atoms with van der Waals surface area (Å²) in [5.41, 5.74) is 0. The zero-order chi connectivity index (χ0) is 39.4. The molecule has 0 aliphatic carbocycles. The first-order valence-electron chi connectivity index (χ1n) is 23.1. The van der Waals surface area contributed by atoms with E-state index in [2.05, 4.69) is 67.8 Å². The zero-order valence-corrected chi connectivity index (χ0v) is 35.6. The van der Waals surface area contributed by atoms with E-state index in [0.29, 0.717) is 6.42 Å². The van der Waals surface area contributed by atoms with Gasteiger partial charge >= 0.3 is 0 Å². The quantitative estimate of drug-likeness (QED) is 0.0369. The molecule has 5 nitrogen and oxygen atoms in total. The van der Waals surface area contributed by atoms with Crippen LogP contribution < -0.4 is 5.32 Å². The van der Waals surface area contributed by atoms with Crippen LogP contribution in [0.1, 0.15) is 219 Å².